The van der Waals surface area contributed by atoms with Gasteiger partial charge in [0.15, 0.2) is 15.0 Å². The first kappa shape index (κ1) is 19.4. The van der Waals surface area contributed by atoms with Crippen molar-refractivity contribution in [2.75, 3.05) is 17.3 Å². The molecule has 150 valence electrons. The lowest BCUT2D eigenvalue weighted by atomic mass is 10.1. The highest BCUT2D eigenvalue weighted by atomic mass is 32.2. The number of hydrogen-bond acceptors (Lipinski definition) is 6. The lowest BCUT2D eigenvalue weighted by molar-refractivity contribution is -0.130. The maximum absolute atomic E-state index is 13.1. The van der Waals surface area contributed by atoms with Gasteiger partial charge >= 0.3 is 0 Å². The molecule has 1 aliphatic heterocycles. The molecule has 0 spiro atoms. The first-order valence-electron chi connectivity index (χ1n) is 9.51. The third kappa shape index (κ3) is 4.41. The number of hydrogen-bond donors (Lipinski definition) is 0. The summed E-state index contributed by atoms with van der Waals surface area (Å²) in [5.41, 5.74) is 1.00. The Labute approximate surface area is 169 Å². The van der Waals surface area contributed by atoms with Crippen LogP contribution in [-0.2, 0) is 21.2 Å². The van der Waals surface area contributed by atoms with Crippen LogP contribution in [0.1, 0.15) is 36.7 Å². The van der Waals surface area contributed by atoms with Crippen LogP contribution in [0.3, 0.4) is 0 Å². The average molecular weight is 421 g/mol. The van der Waals surface area contributed by atoms with Crippen LogP contribution < -0.4 is 0 Å². The molecule has 7 nitrogen and oxygen atoms in total. The maximum Gasteiger partial charge on any atom is 0.233 e. The molecule has 4 rings (SSSR count). The minimum absolute atomic E-state index is 0.0492. The lowest BCUT2D eigenvalue weighted by Crippen LogP contribution is -2.41. The van der Waals surface area contributed by atoms with E-state index in [1.165, 1.54) is 11.8 Å². The van der Waals surface area contributed by atoms with Crippen LogP contribution >= 0.6 is 11.8 Å². The number of amides is 1. The second kappa shape index (κ2) is 7.87. The predicted octanol–water partition coefficient (Wildman–Crippen LogP) is 2.23. The number of carbonyl (C=O) groups excluding carboxylic acids is 1. The molecule has 0 bridgehead atoms. The molecule has 2 heterocycles. The Morgan fingerprint density at radius 2 is 1.96 bits per heavy atom. The first-order valence-corrected chi connectivity index (χ1v) is 12.3. The SMILES string of the molecule is Cc1nnc(SCC(=O)N(Cc2ccccc2)C2CCS(=O)(=O)C2)n1C1CC1. The van der Waals surface area contributed by atoms with E-state index < -0.39 is 9.84 Å². The highest BCUT2D eigenvalue weighted by molar-refractivity contribution is 7.99. The molecule has 1 unspecified atom stereocenters. The molecule has 1 amide bonds. The van der Waals surface area contributed by atoms with E-state index in [0.717, 1.165) is 29.4 Å². The van der Waals surface area contributed by atoms with Crippen molar-refractivity contribution in [3.05, 3.63) is 41.7 Å². The predicted molar refractivity (Wildman–Crippen MR) is 108 cm³/mol. The number of aryl methyl sites for hydroxylation is 1. The molecule has 2 aromatic rings. The molecule has 0 radical (unpaired) electrons. The average Bonchev–Trinajstić information content (AvgIpc) is 3.35. The summed E-state index contributed by atoms with van der Waals surface area (Å²) in [4.78, 5) is 14.8. The minimum Gasteiger partial charge on any atom is -0.334 e. The van der Waals surface area contributed by atoms with E-state index in [0.29, 0.717) is 19.0 Å². The van der Waals surface area contributed by atoms with Crippen LogP contribution in [0.5, 0.6) is 0 Å². The highest BCUT2D eigenvalue weighted by Gasteiger charge is 2.35. The Morgan fingerprint density at radius 1 is 1.21 bits per heavy atom. The van der Waals surface area contributed by atoms with Gasteiger partial charge in [0.1, 0.15) is 5.82 Å². The number of aromatic nitrogens is 3. The Morgan fingerprint density at radius 3 is 2.61 bits per heavy atom. The van der Waals surface area contributed by atoms with Gasteiger partial charge < -0.3 is 9.47 Å². The van der Waals surface area contributed by atoms with Crippen LogP contribution in [0, 0.1) is 6.92 Å². The van der Waals surface area contributed by atoms with Gasteiger partial charge in [-0.1, -0.05) is 42.1 Å². The molecule has 1 saturated heterocycles. The molecular weight excluding hydrogens is 396 g/mol. The molecular formula is C19H24N4O3S2. The number of rotatable bonds is 7. The molecule has 1 aromatic heterocycles. The Bertz CT molecular complexity index is 955. The van der Waals surface area contributed by atoms with Crippen LogP contribution in [0.2, 0.25) is 0 Å². The van der Waals surface area contributed by atoms with Gasteiger partial charge in [-0.15, -0.1) is 10.2 Å². The zero-order valence-corrected chi connectivity index (χ0v) is 17.5. The van der Waals surface area contributed by atoms with E-state index in [-0.39, 0.29) is 29.2 Å². The zero-order valence-electron chi connectivity index (χ0n) is 15.8. The molecule has 1 aromatic carbocycles. The first-order chi connectivity index (χ1) is 13.4. The van der Waals surface area contributed by atoms with E-state index in [2.05, 4.69) is 14.8 Å². The van der Waals surface area contributed by atoms with Gasteiger partial charge in [-0.25, -0.2) is 8.42 Å². The van der Waals surface area contributed by atoms with Gasteiger partial charge in [0.25, 0.3) is 0 Å². The van der Waals surface area contributed by atoms with Crippen LogP contribution in [0.15, 0.2) is 35.5 Å². The van der Waals surface area contributed by atoms with Crippen molar-refractivity contribution < 1.29 is 13.2 Å². The van der Waals surface area contributed by atoms with Crippen LogP contribution in [0.4, 0.5) is 0 Å². The van der Waals surface area contributed by atoms with Crippen molar-refractivity contribution in [1.82, 2.24) is 19.7 Å². The number of benzene rings is 1. The number of thioether (sulfide) groups is 1. The summed E-state index contributed by atoms with van der Waals surface area (Å²) in [6.45, 7) is 2.36. The summed E-state index contributed by atoms with van der Waals surface area (Å²) in [6, 6.07) is 9.90. The fourth-order valence-corrected chi connectivity index (χ4v) is 6.30. The van der Waals surface area contributed by atoms with Gasteiger partial charge in [0.2, 0.25) is 5.91 Å². The van der Waals surface area contributed by atoms with Gasteiger partial charge in [-0.3, -0.25) is 4.79 Å². The largest absolute Gasteiger partial charge is 0.334 e. The minimum atomic E-state index is -3.07. The number of carbonyl (C=O) groups is 1. The van der Waals surface area contributed by atoms with Gasteiger partial charge in [-0.2, -0.15) is 0 Å². The molecule has 28 heavy (non-hydrogen) atoms. The molecule has 1 saturated carbocycles. The van der Waals surface area contributed by atoms with Crippen molar-refractivity contribution in [3.8, 4) is 0 Å². The highest BCUT2D eigenvalue weighted by Crippen LogP contribution is 2.38. The van der Waals surface area contributed by atoms with E-state index in [1.807, 2.05) is 37.3 Å². The fraction of sp³-hybridized carbons (Fsp3) is 0.526. The maximum atomic E-state index is 13.1. The molecule has 9 heteroatoms. The zero-order chi connectivity index (χ0) is 19.7. The third-order valence-electron chi connectivity index (χ3n) is 5.24. The Hall–Kier alpha value is -1.87. The Kier molecular flexibility index (Phi) is 5.46. The molecule has 2 fully saturated rings. The summed E-state index contributed by atoms with van der Waals surface area (Å²) in [7, 11) is -3.07. The van der Waals surface area contributed by atoms with Crippen LogP contribution in [-0.4, -0.2) is 57.3 Å². The van der Waals surface area contributed by atoms with Crippen molar-refractivity contribution >= 4 is 27.5 Å². The van der Waals surface area contributed by atoms with Gasteiger partial charge in [0, 0.05) is 18.6 Å². The van der Waals surface area contributed by atoms with Crippen molar-refractivity contribution in [1.29, 1.82) is 0 Å². The molecule has 1 atom stereocenters. The lowest BCUT2D eigenvalue weighted by Gasteiger charge is -2.28. The summed E-state index contributed by atoms with van der Waals surface area (Å²) in [5, 5.41) is 9.15. The van der Waals surface area contributed by atoms with Crippen LogP contribution in [0.25, 0.3) is 0 Å². The van der Waals surface area contributed by atoms with E-state index in [1.54, 1.807) is 4.90 Å². The normalized spacial score (nSPS) is 21.0. The second-order valence-corrected chi connectivity index (χ2v) is 10.7. The van der Waals surface area contributed by atoms with E-state index in [9.17, 15) is 13.2 Å². The number of sulfone groups is 1. The molecule has 0 N–H and O–H groups in total. The summed E-state index contributed by atoms with van der Waals surface area (Å²) >= 11 is 1.39. The monoisotopic (exact) mass is 420 g/mol. The number of nitrogens with zero attached hydrogens (tertiary/aromatic N) is 4. The van der Waals surface area contributed by atoms with E-state index in [4.69, 9.17) is 0 Å². The topological polar surface area (TPSA) is 85.2 Å². The fourth-order valence-electron chi connectivity index (χ4n) is 3.63. The Balaban J connectivity index is 1.48. The smallest absolute Gasteiger partial charge is 0.233 e. The molecule has 2 aliphatic rings. The third-order valence-corrected chi connectivity index (χ3v) is 7.92. The van der Waals surface area contributed by atoms with Crippen molar-refractivity contribution in [2.24, 2.45) is 0 Å². The van der Waals surface area contributed by atoms with Crippen molar-refractivity contribution in [3.63, 3.8) is 0 Å². The summed E-state index contributed by atoms with van der Waals surface area (Å²) in [6.07, 6.45) is 2.75. The second-order valence-electron chi connectivity index (χ2n) is 7.48. The standard InChI is InChI=1S/C19H24N4O3S2/c1-14-20-21-19(23(14)16-7-8-16)27-12-18(24)22(11-15-5-3-2-4-6-15)17-9-10-28(25,26)13-17/h2-6,16-17H,7-13H2,1H3. The van der Waals surface area contributed by atoms with E-state index >= 15 is 0 Å². The summed E-state index contributed by atoms with van der Waals surface area (Å²) < 4.78 is 26.0. The quantitative estimate of drug-likeness (QED) is 0.639. The molecule has 1 aliphatic carbocycles. The van der Waals surface area contributed by atoms with Gasteiger partial charge in [-0.05, 0) is 31.7 Å². The summed E-state index contributed by atoms with van der Waals surface area (Å²) in [5.74, 6) is 1.25. The van der Waals surface area contributed by atoms with Gasteiger partial charge in [0.05, 0.1) is 17.3 Å². The van der Waals surface area contributed by atoms with Crippen molar-refractivity contribution in [2.45, 2.75) is 50.0 Å².